The molecule has 1 N–H and O–H groups in total. The highest BCUT2D eigenvalue weighted by atomic mass is 79.9. The lowest BCUT2D eigenvalue weighted by Gasteiger charge is -1.98. The summed E-state index contributed by atoms with van der Waals surface area (Å²) in [5.41, 5.74) is 2.16. The highest BCUT2D eigenvalue weighted by molar-refractivity contribution is 9.10. The molecular weight excluding hydrogens is 244 g/mol. The number of hydrogen-bond acceptors (Lipinski definition) is 1. The molecule has 0 spiro atoms. The van der Waals surface area contributed by atoms with Crippen LogP contribution in [-0.2, 0) is 4.79 Å². The smallest absolute Gasteiger partial charge is 0.307 e. The van der Waals surface area contributed by atoms with Gasteiger partial charge >= 0.3 is 5.97 Å². The molecule has 74 valence electrons. The van der Waals surface area contributed by atoms with Crippen molar-refractivity contribution >= 4 is 28.0 Å². The van der Waals surface area contributed by atoms with Crippen LogP contribution < -0.4 is 0 Å². The van der Waals surface area contributed by atoms with Gasteiger partial charge in [-0.25, -0.2) is 0 Å². The average Bonchev–Trinajstić information content (AvgIpc) is 2.10. The molecule has 0 radical (unpaired) electrons. The topological polar surface area (TPSA) is 37.3 Å². The third-order valence-corrected chi connectivity index (χ3v) is 2.67. The lowest BCUT2D eigenvalue weighted by atomic mass is 10.1. The minimum Gasteiger partial charge on any atom is -0.481 e. The SMILES string of the molecule is Cc1cc(C=CCC(=O)O)ccc1Br. The van der Waals surface area contributed by atoms with E-state index < -0.39 is 5.97 Å². The molecule has 2 nitrogen and oxygen atoms in total. The van der Waals surface area contributed by atoms with Crippen molar-refractivity contribution in [2.24, 2.45) is 0 Å². The van der Waals surface area contributed by atoms with Crippen molar-refractivity contribution < 1.29 is 9.90 Å². The third-order valence-electron chi connectivity index (χ3n) is 1.78. The normalized spacial score (nSPS) is 10.7. The molecule has 1 aromatic carbocycles. The maximum Gasteiger partial charge on any atom is 0.307 e. The molecule has 1 aromatic rings. The van der Waals surface area contributed by atoms with Crippen LogP contribution in [0, 0.1) is 6.92 Å². The summed E-state index contributed by atoms with van der Waals surface area (Å²) in [7, 11) is 0. The molecule has 0 saturated carbocycles. The van der Waals surface area contributed by atoms with Gasteiger partial charge in [-0.2, -0.15) is 0 Å². The zero-order valence-electron chi connectivity index (χ0n) is 7.83. The third kappa shape index (κ3) is 3.34. The summed E-state index contributed by atoms with van der Waals surface area (Å²) < 4.78 is 1.06. The van der Waals surface area contributed by atoms with Crippen molar-refractivity contribution in [3.05, 3.63) is 39.9 Å². The Balaban J connectivity index is 2.73. The highest BCUT2D eigenvalue weighted by Crippen LogP contribution is 2.17. The molecule has 0 aliphatic carbocycles. The van der Waals surface area contributed by atoms with Crippen LogP contribution in [-0.4, -0.2) is 11.1 Å². The number of carboxylic acid groups (broad SMARTS) is 1. The first kappa shape index (κ1) is 11.0. The standard InChI is InChI=1S/C11H11BrO2/c1-8-7-9(5-6-10(8)12)3-2-4-11(13)14/h2-3,5-7H,4H2,1H3,(H,13,14). The first-order valence-corrected chi connectivity index (χ1v) is 5.03. The number of aliphatic carboxylic acids is 1. The van der Waals surface area contributed by atoms with Gasteiger partial charge in [0.15, 0.2) is 0 Å². The number of hydrogen-bond donors (Lipinski definition) is 1. The zero-order chi connectivity index (χ0) is 10.6. The number of carboxylic acids is 1. The summed E-state index contributed by atoms with van der Waals surface area (Å²) in [6, 6.07) is 5.90. The van der Waals surface area contributed by atoms with Crippen molar-refractivity contribution in [2.75, 3.05) is 0 Å². The first-order chi connectivity index (χ1) is 6.59. The molecule has 14 heavy (non-hydrogen) atoms. The molecule has 1 rings (SSSR count). The summed E-state index contributed by atoms with van der Waals surface area (Å²) in [4.78, 5) is 10.3. The van der Waals surface area contributed by atoms with E-state index in [1.165, 1.54) is 0 Å². The average molecular weight is 255 g/mol. The van der Waals surface area contributed by atoms with Gasteiger partial charge in [-0.05, 0) is 24.1 Å². The molecule has 0 amide bonds. The molecule has 0 atom stereocenters. The van der Waals surface area contributed by atoms with Crippen LogP contribution in [0.4, 0.5) is 0 Å². The Morgan fingerprint density at radius 1 is 1.57 bits per heavy atom. The van der Waals surface area contributed by atoms with E-state index >= 15 is 0 Å². The van der Waals surface area contributed by atoms with E-state index in [-0.39, 0.29) is 6.42 Å². The van der Waals surface area contributed by atoms with Crippen molar-refractivity contribution in [2.45, 2.75) is 13.3 Å². The van der Waals surface area contributed by atoms with E-state index in [0.29, 0.717) is 0 Å². The monoisotopic (exact) mass is 254 g/mol. The second kappa shape index (κ2) is 4.96. The maximum atomic E-state index is 10.3. The Kier molecular flexibility index (Phi) is 3.89. The summed E-state index contributed by atoms with van der Waals surface area (Å²) in [5, 5.41) is 8.43. The second-order valence-electron chi connectivity index (χ2n) is 3.01. The van der Waals surface area contributed by atoms with Crippen LogP contribution in [0.1, 0.15) is 17.5 Å². The Morgan fingerprint density at radius 2 is 2.29 bits per heavy atom. The predicted octanol–water partition coefficient (Wildman–Crippen LogP) is 3.25. The summed E-state index contributed by atoms with van der Waals surface area (Å²) in [6.45, 7) is 2.00. The van der Waals surface area contributed by atoms with E-state index in [0.717, 1.165) is 15.6 Å². The number of aryl methyl sites for hydroxylation is 1. The van der Waals surface area contributed by atoms with Gasteiger partial charge in [0.25, 0.3) is 0 Å². The number of rotatable bonds is 3. The maximum absolute atomic E-state index is 10.3. The van der Waals surface area contributed by atoms with Gasteiger partial charge in [0.2, 0.25) is 0 Å². The van der Waals surface area contributed by atoms with Crippen molar-refractivity contribution in [1.29, 1.82) is 0 Å². The number of benzene rings is 1. The fraction of sp³-hybridized carbons (Fsp3) is 0.182. The van der Waals surface area contributed by atoms with Gasteiger partial charge in [-0.3, -0.25) is 4.79 Å². The fourth-order valence-corrected chi connectivity index (χ4v) is 1.31. The highest BCUT2D eigenvalue weighted by Gasteiger charge is 1.94. The Morgan fingerprint density at radius 3 is 2.86 bits per heavy atom. The van der Waals surface area contributed by atoms with Crippen LogP contribution in [0.3, 0.4) is 0 Å². The molecular formula is C11H11BrO2. The molecule has 0 fully saturated rings. The largest absolute Gasteiger partial charge is 0.481 e. The molecule has 0 heterocycles. The summed E-state index contributed by atoms with van der Waals surface area (Å²) in [6.07, 6.45) is 3.52. The quantitative estimate of drug-likeness (QED) is 0.900. The van der Waals surface area contributed by atoms with Crippen molar-refractivity contribution in [3.63, 3.8) is 0 Å². The van der Waals surface area contributed by atoms with E-state index in [2.05, 4.69) is 15.9 Å². The van der Waals surface area contributed by atoms with Gasteiger partial charge < -0.3 is 5.11 Å². The first-order valence-electron chi connectivity index (χ1n) is 4.24. The van der Waals surface area contributed by atoms with E-state index in [4.69, 9.17) is 5.11 Å². The molecule has 0 aromatic heterocycles. The van der Waals surface area contributed by atoms with Crippen LogP contribution in [0.2, 0.25) is 0 Å². The molecule has 0 saturated heterocycles. The van der Waals surface area contributed by atoms with E-state index in [1.807, 2.05) is 31.2 Å². The molecule has 0 unspecified atom stereocenters. The zero-order valence-corrected chi connectivity index (χ0v) is 9.41. The van der Waals surface area contributed by atoms with Gasteiger partial charge in [0.05, 0.1) is 6.42 Å². The van der Waals surface area contributed by atoms with Crippen LogP contribution in [0.5, 0.6) is 0 Å². The number of halogens is 1. The van der Waals surface area contributed by atoms with Crippen molar-refractivity contribution in [1.82, 2.24) is 0 Å². The minimum atomic E-state index is -0.810. The molecule has 0 aliphatic rings. The van der Waals surface area contributed by atoms with Crippen LogP contribution in [0.15, 0.2) is 28.7 Å². The Bertz CT molecular complexity index is 370. The number of carbonyl (C=O) groups is 1. The molecule has 3 heteroatoms. The predicted molar refractivity (Wildman–Crippen MR) is 60.2 cm³/mol. The van der Waals surface area contributed by atoms with Gasteiger partial charge in [-0.15, -0.1) is 0 Å². The second-order valence-corrected chi connectivity index (χ2v) is 3.86. The summed E-state index contributed by atoms with van der Waals surface area (Å²) >= 11 is 3.40. The summed E-state index contributed by atoms with van der Waals surface area (Å²) in [5.74, 6) is -0.810. The lowest BCUT2D eigenvalue weighted by Crippen LogP contribution is -1.89. The van der Waals surface area contributed by atoms with Crippen molar-refractivity contribution in [3.8, 4) is 0 Å². The van der Waals surface area contributed by atoms with Gasteiger partial charge in [0.1, 0.15) is 0 Å². The van der Waals surface area contributed by atoms with E-state index in [1.54, 1.807) is 6.08 Å². The van der Waals surface area contributed by atoms with Crippen LogP contribution in [0.25, 0.3) is 6.08 Å². The minimum absolute atomic E-state index is 0.0646. The fourth-order valence-electron chi connectivity index (χ4n) is 1.07. The lowest BCUT2D eigenvalue weighted by molar-refractivity contribution is -0.135. The Hall–Kier alpha value is -1.09. The molecule has 0 bridgehead atoms. The molecule has 0 aliphatic heterocycles. The Labute approximate surface area is 91.4 Å². The van der Waals surface area contributed by atoms with Gasteiger partial charge in [0, 0.05) is 4.47 Å². The van der Waals surface area contributed by atoms with E-state index in [9.17, 15) is 4.79 Å². The van der Waals surface area contributed by atoms with Gasteiger partial charge in [-0.1, -0.05) is 40.2 Å². The van der Waals surface area contributed by atoms with Crippen LogP contribution >= 0.6 is 15.9 Å².